The molecular formula is C24H23N3O5S. The minimum atomic E-state index is -0.325. The quantitative estimate of drug-likeness (QED) is 0.524. The van der Waals surface area contributed by atoms with Gasteiger partial charge in [-0.05, 0) is 37.3 Å². The predicted octanol–water partition coefficient (Wildman–Crippen LogP) is 4.30. The molecule has 33 heavy (non-hydrogen) atoms. The van der Waals surface area contributed by atoms with Crippen LogP contribution in [-0.2, 0) is 4.79 Å². The van der Waals surface area contributed by atoms with E-state index in [2.05, 4.69) is 16.9 Å². The first-order chi connectivity index (χ1) is 15.9. The van der Waals surface area contributed by atoms with Gasteiger partial charge in [0.15, 0.2) is 11.7 Å². The predicted molar refractivity (Wildman–Crippen MR) is 128 cm³/mol. The van der Waals surface area contributed by atoms with Gasteiger partial charge in [-0.3, -0.25) is 14.9 Å². The maximum absolute atomic E-state index is 12.8. The molecule has 1 aromatic heterocycles. The monoisotopic (exact) mass is 465 g/mol. The molecule has 0 saturated carbocycles. The topological polar surface area (TPSA) is 90.0 Å². The zero-order chi connectivity index (χ0) is 23.5. The molecule has 4 rings (SSSR count). The van der Waals surface area contributed by atoms with Crippen molar-refractivity contribution in [1.29, 1.82) is 0 Å². The van der Waals surface area contributed by atoms with E-state index in [9.17, 15) is 9.59 Å². The van der Waals surface area contributed by atoms with Gasteiger partial charge >= 0.3 is 0 Å². The molecule has 3 aromatic rings. The van der Waals surface area contributed by atoms with Crippen LogP contribution in [0.4, 0.5) is 10.8 Å². The summed E-state index contributed by atoms with van der Waals surface area (Å²) in [7, 11) is 3.06. The van der Waals surface area contributed by atoms with Gasteiger partial charge in [-0.2, -0.15) is 0 Å². The summed E-state index contributed by atoms with van der Waals surface area (Å²) in [6.45, 7) is 6.05. The van der Waals surface area contributed by atoms with E-state index >= 15 is 0 Å². The van der Waals surface area contributed by atoms with Crippen LogP contribution in [0.1, 0.15) is 15.2 Å². The second-order valence-corrected chi connectivity index (χ2v) is 8.45. The van der Waals surface area contributed by atoms with E-state index in [1.54, 1.807) is 29.2 Å². The van der Waals surface area contributed by atoms with Crippen LogP contribution in [0.25, 0.3) is 11.3 Å². The molecule has 1 N–H and O–H groups in total. The van der Waals surface area contributed by atoms with Crippen LogP contribution in [0, 0.1) is 6.92 Å². The molecule has 0 radical (unpaired) electrons. The largest absolute Gasteiger partial charge is 0.497 e. The van der Waals surface area contributed by atoms with Crippen molar-refractivity contribution in [2.75, 3.05) is 37.6 Å². The fourth-order valence-electron chi connectivity index (χ4n) is 3.50. The first-order valence-electron chi connectivity index (χ1n) is 10.1. The molecule has 8 nitrogen and oxygen atoms in total. The Labute approximate surface area is 195 Å². The van der Waals surface area contributed by atoms with Crippen molar-refractivity contribution in [2.24, 2.45) is 0 Å². The highest BCUT2D eigenvalue weighted by molar-refractivity contribution is 7.16. The highest BCUT2D eigenvalue weighted by Gasteiger charge is 2.25. The molecule has 2 amide bonds. The number of hydrogen-bond acceptors (Lipinski definition) is 7. The fraction of sp³-hybridized carbons (Fsp3) is 0.208. The second kappa shape index (κ2) is 9.33. The van der Waals surface area contributed by atoms with Crippen molar-refractivity contribution in [2.45, 2.75) is 6.92 Å². The standard InChI is InChI=1S/C24H23N3O5S/c1-5-8-27-19-11-15(6-7-20(19)32-13-21(27)28)22-14(2)33-24(25-22)26-23(29)16-9-17(30-3)12-18(10-16)31-4/h5-7,9-12H,1,8,13H2,2-4H3,(H,25,26,29). The van der Waals surface area contributed by atoms with Gasteiger partial charge in [0.05, 0.1) is 25.6 Å². The molecule has 0 unspecified atom stereocenters. The summed E-state index contributed by atoms with van der Waals surface area (Å²) in [5.74, 6) is 1.22. The van der Waals surface area contributed by atoms with Gasteiger partial charge in [0.25, 0.3) is 11.8 Å². The Balaban J connectivity index is 1.61. The van der Waals surface area contributed by atoms with E-state index in [0.29, 0.717) is 40.2 Å². The summed E-state index contributed by atoms with van der Waals surface area (Å²) in [5.41, 5.74) is 2.60. The van der Waals surface area contributed by atoms with E-state index in [1.807, 2.05) is 25.1 Å². The molecule has 0 aliphatic carbocycles. The molecule has 0 spiro atoms. The minimum Gasteiger partial charge on any atom is -0.497 e. The zero-order valence-electron chi connectivity index (χ0n) is 18.5. The Morgan fingerprint density at radius 3 is 2.64 bits per heavy atom. The van der Waals surface area contributed by atoms with E-state index in [4.69, 9.17) is 14.2 Å². The Hall–Kier alpha value is -3.85. The van der Waals surface area contributed by atoms with Gasteiger partial charge in [-0.15, -0.1) is 17.9 Å². The molecule has 9 heteroatoms. The lowest BCUT2D eigenvalue weighted by Gasteiger charge is -2.28. The lowest BCUT2D eigenvalue weighted by Crippen LogP contribution is -2.38. The van der Waals surface area contributed by atoms with Crippen LogP contribution < -0.4 is 24.4 Å². The molecular weight excluding hydrogens is 442 g/mol. The van der Waals surface area contributed by atoms with Crippen LogP contribution in [0.5, 0.6) is 17.2 Å². The van der Waals surface area contributed by atoms with Crippen molar-refractivity contribution in [3.8, 4) is 28.5 Å². The third-order valence-electron chi connectivity index (χ3n) is 5.12. The summed E-state index contributed by atoms with van der Waals surface area (Å²) >= 11 is 1.37. The summed E-state index contributed by atoms with van der Waals surface area (Å²) < 4.78 is 16.0. The number of hydrogen-bond donors (Lipinski definition) is 1. The molecule has 0 bridgehead atoms. The Morgan fingerprint density at radius 1 is 1.24 bits per heavy atom. The third kappa shape index (κ3) is 4.54. The smallest absolute Gasteiger partial charge is 0.265 e. The Kier molecular flexibility index (Phi) is 6.32. The number of aryl methyl sites for hydroxylation is 1. The molecule has 2 heterocycles. The molecule has 1 aliphatic rings. The van der Waals surface area contributed by atoms with Gasteiger partial charge < -0.3 is 19.1 Å². The number of carbonyl (C=O) groups is 2. The summed E-state index contributed by atoms with van der Waals surface area (Å²) in [5, 5.41) is 3.31. The summed E-state index contributed by atoms with van der Waals surface area (Å²) in [6.07, 6.45) is 1.68. The number of benzene rings is 2. The first-order valence-corrected chi connectivity index (χ1v) is 11.0. The van der Waals surface area contributed by atoms with E-state index in [0.717, 1.165) is 16.1 Å². The SMILES string of the molecule is C=CCN1C(=O)COc2ccc(-c3nc(NC(=O)c4cc(OC)cc(OC)c4)sc3C)cc21. The lowest BCUT2D eigenvalue weighted by molar-refractivity contribution is -0.121. The minimum absolute atomic E-state index is 0.00114. The highest BCUT2D eigenvalue weighted by atomic mass is 32.1. The molecule has 1 aliphatic heterocycles. The Morgan fingerprint density at radius 2 is 1.97 bits per heavy atom. The molecule has 2 aromatic carbocycles. The average molecular weight is 466 g/mol. The number of rotatable bonds is 7. The first kappa shape index (κ1) is 22.3. The van der Waals surface area contributed by atoms with Gasteiger partial charge in [0, 0.05) is 28.6 Å². The second-order valence-electron chi connectivity index (χ2n) is 7.24. The molecule has 0 fully saturated rings. The maximum atomic E-state index is 12.8. The number of anilines is 2. The molecule has 0 saturated heterocycles. The molecule has 170 valence electrons. The van der Waals surface area contributed by atoms with Crippen LogP contribution in [0.3, 0.4) is 0 Å². The van der Waals surface area contributed by atoms with Crippen LogP contribution in [0.2, 0.25) is 0 Å². The number of aromatic nitrogens is 1. The molecule has 0 atom stereocenters. The van der Waals surface area contributed by atoms with Crippen molar-refractivity contribution in [3.05, 3.63) is 59.5 Å². The number of nitrogens with one attached hydrogen (secondary N) is 1. The van der Waals surface area contributed by atoms with Crippen molar-refractivity contribution in [1.82, 2.24) is 4.98 Å². The maximum Gasteiger partial charge on any atom is 0.265 e. The normalized spacial score (nSPS) is 12.6. The van der Waals surface area contributed by atoms with Crippen molar-refractivity contribution >= 4 is 34.0 Å². The number of amides is 2. The lowest BCUT2D eigenvalue weighted by atomic mass is 10.1. The van der Waals surface area contributed by atoms with Gasteiger partial charge in [0.2, 0.25) is 0 Å². The average Bonchev–Trinajstić information content (AvgIpc) is 3.19. The van der Waals surface area contributed by atoms with E-state index in [-0.39, 0.29) is 18.4 Å². The zero-order valence-corrected chi connectivity index (χ0v) is 19.3. The van der Waals surface area contributed by atoms with Crippen molar-refractivity contribution in [3.63, 3.8) is 0 Å². The Bertz CT molecular complexity index is 1210. The van der Waals surface area contributed by atoms with E-state index in [1.165, 1.54) is 25.6 Å². The van der Waals surface area contributed by atoms with E-state index < -0.39 is 0 Å². The van der Waals surface area contributed by atoms with Crippen molar-refractivity contribution < 1.29 is 23.8 Å². The van der Waals surface area contributed by atoms with Gasteiger partial charge in [0.1, 0.15) is 17.2 Å². The summed E-state index contributed by atoms with van der Waals surface area (Å²) in [6, 6.07) is 10.6. The van der Waals surface area contributed by atoms with Crippen LogP contribution >= 0.6 is 11.3 Å². The van der Waals surface area contributed by atoms with Gasteiger partial charge in [-0.25, -0.2) is 4.98 Å². The number of thiazole rings is 1. The van der Waals surface area contributed by atoms with Crippen LogP contribution in [0.15, 0.2) is 49.1 Å². The van der Waals surface area contributed by atoms with Gasteiger partial charge in [-0.1, -0.05) is 6.08 Å². The summed E-state index contributed by atoms with van der Waals surface area (Å²) in [4.78, 5) is 32.3. The fourth-order valence-corrected chi connectivity index (χ4v) is 4.34. The third-order valence-corrected chi connectivity index (χ3v) is 6.00. The number of fused-ring (bicyclic) bond motifs is 1. The number of carbonyl (C=O) groups excluding carboxylic acids is 2. The number of nitrogens with zero attached hydrogens (tertiary/aromatic N) is 2. The van der Waals surface area contributed by atoms with Crippen LogP contribution in [-0.4, -0.2) is 44.2 Å². The number of ether oxygens (including phenoxy) is 3. The highest BCUT2D eigenvalue weighted by Crippen LogP contribution is 2.38. The number of methoxy groups -OCH3 is 2.